The number of methoxy groups -OCH3 is 2. The number of imidazole rings is 1. The van der Waals surface area contributed by atoms with Crippen LogP contribution in [0.2, 0.25) is 5.15 Å². The molecule has 1 aromatic carbocycles. The molecular weight excluding hydrogens is 644 g/mol. The number of carbonyl (C=O) groups is 2. The van der Waals surface area contributed by atoms with Crippen LogP contribution in [-0.2, 0) is 24.8 Å². The quantitative estimate of drug-likeness (QED) is 0.251. The van der Waals surface area contributed by atoms with Gasteiger partial charge in [-0.05, 0) is 75.1 Å². The Hall–Kier alpha value is -4.52. The van der Waals surface area contributed by atoms with Gasteiger partial charge in [0.25, 0.3) is 11.8 Å². The Balaban J connectivity index is 1.27. The van der Waals surface area contributed by atoms with Gasteiger partial charge in [0, 0.05) is 50.8 Å². The molecule has 2 bridgehead atoms. The highest BCUT2D eigenvalue weighted by molar-refractivity contribution is 6.29. The van der Waals surface area contributed by atoms with Crippen molar-refractivity contribution in [2.24, 2.45) is 12.8 Å². The van der Waals surface area contributed by atoms with Gasteiger partial charge in [-0.1, -0.05) is 18.0 Å². The monoisotopic (exact) mass is 684 g/mol. The lowest BCUT2D eigenvalue weighted by molar-refractivity contribution is 0.0227. The van der Waals surface area contributed by atoms with E-state index in [-0.39, 0.29) is 30.0 Å². The predicted molar refractivity (Wildman–Crippen MR) is 188 cm³/mol. The van der Waals surface area contributed by atoms with Crippen LogP contribution in [0.15, 0.2) is 42.5 Å². The second kappa shape index (κ2) is 13.4. The second-order valence-corrected chi connectivity index (χ2v) is 13.4. The average molecular weight is 685 g/mol. The summed E-state index contributed by atoms with van der Waals surface area (Å²) in [5, 5.41) is 4.45. The molecule has 1 fully saturated rings. The normalized spacial score (nSPS) is 20.3. The maximum atomic E-state index is 13.7. The van der Waals surface area contributed by atoms with Crippen LogP contribution in [0.1, 0.15) is 70.8 Å². The Kier molecular flexibility index (Phi) is 9.03. The zero-order chi connectivity index (χ0) is 34.4. The lowest BCUT2D eigenvalue weighted by atomic mass is 10.0. The second-order valence-electron chi connectivity index (χ2n) is 13.0. The van der Waals surface area contributed by atoms with Crippen LogP contribution in [0.25, 0.3) is 33.6 Å². The Labute approximate surface area is 289 Å². The molecule has 6 heterocycles. The first-order valence-electron chi connectivity index (χ1n) is 16.8. The summed E-state index contributed by atoms with van der Waals surface area (Å²) in [6, 6.07) is 12.5. The highest BCUT2D eigenvalue weighted by atomic mass is 35.5. The van der Waals surface area contributed by atoms with Crippen LogP contribution in [0.4, 0.5) is 0 Å². The highest BCUT2D eigenvalue weighted by Crippen LogP contribution is 2.35. The molecule has 3 N–H and O–H groups in total. The molecule has 0 aliphatic carbocycles. The number of piperidine rings is 1. The number of nitrogens with zero attached hydrogens (tertiary/aromatic N) is 6. The minimum absolute atomic E-state index is 0.0664. The van der Waals surface area contributed by atoms with Crippen molar-refractivity contribution in [1.82, 2.24) is 34.3 Å². The molecule has 0 radical (unpaired) electrons. The number of carbonyl (C=O) groups excluding carboxylic acids is 2. The maximum absolute atomic E-state index is 13.7. The molecular formula is C36H41ClN8O4. The standard InChI is InChI=1S/C36H41ClN8O4/c1-20-25-11-9-21-17-28(45(33(21)41-25)14-7-5-6-8-26-23(35(46)39-20)10-12-31(37)40-26)34-42-27-16-22(18-30(49-4)32(27)43(34)2)36(47)44-15-13-29(48-3)24(38)19-44/h9-12,16-18,20,24,29H,5-8,13-15,19,38H2,1-4H3,(H,39,46)/t20-,24+,29-/m1/s1. The lowest BCUT2D eigenvalue weighted by Gasteiger charge is -2.36. The molecule has 3 atom stereocenters. The van der Waals surface area contributed by atoms with Crippen LogP contribution in [0, 0.1) is 0 Å². The molecule has 0 spiro atoms. The molecule has 1 saturated heterocycles. The van der Waals surface area contributed by atoms with Crippen LogP contribution >= 0.6 is 11.6 Å². The molecule has 0 unspecified atom stereocenters. The number of likely N-dealkylation sites (tertiary alicyclic amines) is 1. The summed E-state index contributed by atoms with van der Waals surface area (Å²) < 4.78 is 15.6. The zero-order valence-electron chi connectivity index (χ0n) is 28.2. The summed E-state index contributed by atoms with van der Waals surface area (Å²) >= 11 is 6.22. The molecule has 2 amide bonds. The fourth-order valence-corrected chi connectivity index (χ4v) is 7.36. The summed E-state index contributed by atoms with van der Waals surface area (Å²) in [5.74, 6) is 0.984. The fraction of sp³-hybridized carbons (Fsp3) is 0.417. The number of halogens is 1. The number of nitrogens with one attached hydrogen (secondary N) is 1. The van der Waals surface area contributed by atoms with Gasteiger partial charge in [0.15, 0.2) is 5.82 Å². The van der Waals surface area contributed by atoms with E-state index in [0.29, 0.717) is 65.7 Å². The third-order valence-corrected chi connectivity index (χ3v) is 10.1. The number of hydrogen-bond donors (Lipinski definition) is 2. The minimum Gasteiger partial charge on any atom is -0.494 e. The van der Waals surface area contributed by atoms with Gasteiger partial charge in [0.05, 0.1) is 47.4 Å². The van der Waals surface area contributed by atoms with Crippen LogP contribution in [0.3, 0.4) is 0 Å². The Morgan fingerprint density at radius 1 is 1.04 bits per heavy atom. The lowest BCUT2D eigenvalue weighted by Crippen LogP contribution is -2.53. The molecule has 13 heteroatoms. The molecule has 12 nitrogen and oxygen atoms in total. The van der Waals surface area contributed by atoms with E-state index in [0.717, 1.165) is 53.0 Å². The number of pyridine rings is 2. The minimum atomic E-state index is -0.346. The summed E-state index contributed by atoms with van der Waals surface area (Å²) in [5.41, 5.74) is 12.0. The van der Waals surface area contributed by atoms with Crippen molar-refractivity contribution in [2.45, 2.75) is 63.8 Å². The van der Waals surface area contributed by atoms with E-state index in [4.69, 9.17) is 36.8 Å². The van der Waals surface area contributed by atoms with E-state index in [2.05, 4.69) is 20.9 Å². The van der Waals surface area contributed by atoms with Gasteiger partial charge in [-0.3, -0.25) is 9.59 Å². The van der Waals surface area contributed by atoms with Crippen molar-refractivity contribution < 1.29 is 19.1 Å². The Morgan fingerprint density at radius 2 is 1.88 bits per heavy atom. The van der Waals surface area contributed by atoms with Gasteiger partial charge in [0.2, 0.25) is 0 Å². The number of aromatic nitrogens is 5. The predicted octanol–water partition coefficient (Wildman–Crippen LogP) is 5.05. The number of amides is 2. The molecule has 2 aliphatic heterocycles. The van der Waals surface area contributed by atoms with E-state index >= 15 is 0 Å². The number of rotatable bonds is 4. The third-order valence-electron chi connectivity index (χ3n) is 9.85. The van der Waals surface area contributed by atoms with Crippen molar-refractivity contribution >= 4 is 45.5 Å². The number of fused-ring (bicyclic) bond motifs is 3. The molecule has 49 heavy (non-hydrogen) atoms. The van der Waals surface area contributed by atoms with Crippen LogP contribution in [-0.4, -0.2) is 80.3 Å². The summed E-state index contributed by atoms with van der Waals surface area (Å²) in [6.45, 7) is 3.62. The van der Waals surface area contributed by atoms with Gasteiger partial charge in [0.1, 0.15) is 22.1 Å². The highest BCUT2D eigenvalue weighted by Gasteiger charge is 2.31. The fourth-order valence-electron chi connectivity index (χ4n) is 7.19. The number of aryl methyl sites for hydroxylation is 3. The Morgan fingerprint density at radius 3 is 2.65 bits per heavy atom. The smallest absolute Gasteiger partial charge is 0.254 e. The van der Waals surface area contributed by atoms with E-state index < -0.39 is 0 Å². The Bertz CT molecular complexity index is 2070. The van der Waals surface area contributed by atoms with E-state index in [9.17, 15) is 9.59 Å². The zero-order valence-corrected chi connectivity index (χ0v) is 29.0. The molecule has 7 rings (SSSR count). The topological polar surface area (TPSA) is 142 Å². The van der Waals surface area contributed by atoms with Crippen LogP contribution < -0.4 is 15.8 Å². The van der Waals surface area contributed by atoms with Gasteiger partial charge in [-0.2, -0.15) is 0 Å². The third kappa shape index (κ3) is 6.13. The van der Waals surface area contributed by atoms with Crippen LogP contribution in [0.5, 0.6) is 5.75 Å². The first kappa shape index (κ1) is 33.0. The number of hydrogen-bond acceptors (Lipinski definition) is 8. The molecule has 4 aromatic heterocycles. The van der Waals surface area contributed by atoms with Crippen molar-refractivity contribution in [1.29, 1.82) is 0 Å². The van der Waals surface area contributed by atoms with E-state index in [1.807, 2.05) is 36.7 Å². The SMILES string of the molecule is COc1cc(C(=O)N2CC[C@@H](OC)[C@@H](N)C2)cc2nc(-c3cc4ccc5nc4n3CCCCCc3nc(Cl)ccc3C(=O)N[C@@H]5C)n(C)c12. The molecule has 0 saturated carbocycles. The summed E-state index contributed by atoms with van der Waals surface area (Å²) in [4.78, 5) is 43.5. The molecule has 5 aromatic rings. The summed E-state index contributed by atoms with van der Waals surface area (Å²) in [6.07, 6.45) is 3.91. The van der Waals surface area contributed by atoms with Gasteiger partial charge < -0.3 is 34.6 Å². The number of ether oxygens (including phenoxy) is 2. The van der Waals surface area contributed by atoms with Gasteiger partial charge in [-0.25, -0.2) is 15.0 Å². The summed E-state index contributed by atoms with van der Waals surface area (Å²) in [7, 11) is 5.22. The van der Waals surface area contributed by atoms with Gasteiger partial charge in [-0.15, -0.1) is 0 Å². The largest absolute Gasteiger partial charge is 0.494 e. The van der Waals surface area contributed by atoms with Crippen molar-refractivity contribution in [3.8, 4) is 17.3 Å². The molecule has 256 valence electrons. The van der Waals surface area contributed by atoms with Crippen molar-refractivity contribution in [3.05, 3.63) is 70.1 Å². The van der Waals surface area contributed by atoms with E-state index in [1.165, 1.54) is 0 Å². The van der Waals surface area contributed by atoms with Gasteiger partial charge >= 0.3 is 0 Å². The number of benzene rings is 1. The molecule has 2 aliphatic rings. The first-order valence-corrected chi connectivity index (χ1v) is 17.1. The van der Waals surface area contributed by atoms with E-state index in [1.54, 1.807) is 37.3 Å². The van der Waals surface area contributed by atoms with Crippen molar-refractivity contribution in [2.75, 3.05) is 27.3 Å². The van der Waals surface area contributed by atoms with Crippen molar-refractivity contribution in [3.63, 3.8) is 0 Å². The average Bonchev–Trinajstić information content (AvgIpc) is 3.63. The maximum Gasteiger partial charge on any atom is 0.254 e. The number of nitrogens with two attached hydrogens (primary N) is 1. The first-order chi connectivity index (χ1) is 23.7.